The first kappa shape index (κ1) is 15.7. The summed E-state index contributed by atoms with van der Waals surface area (Å²) >= 11 is 0. The summed E-state index contributed by atoms with van der Waals surface area (Å²) in [6.45, 7) is 6.23. The molecule has 2 N–H and O–H groups in total. The predicted octanol–water partition coefficient (Wildman–Crippen LogP) is 1.83. The van der Waals surface area contributed by atoms with Crippen LogP contribution in [-0.2, 0) is 11.3 Å². The molecule has 0 bridgehead atoms. The highest BCUT2D eigenvalue weighted by atomic mass is 16.5. The van der Waals surface area contributed by atoms with Crippen LogP contribution in [0.15, 0.2) is 42.6 Å². The van der Waals surface area contributed by atoms with Crippen LogP contribution in [0.25, 0.3) is 0 Å². The molecule has 0 spiro atoms. The van der Waals surface area contributed by atoms with E-state index in [2.05, 4.69) is 37.6 Å². The van der Waals surface area contributed by atoms with Crippen LogP contribution in [0.5, 0.6) is 0 Å². The second-order valence-corrected chi connectivity index (χ2v) is 5.49. The average molecular weight is 313 g/mol. The molecule has 2 heterocycles. The van der Waals surface area contributed by atoms with Crippen molar-refractivity contribution in [1.29, 1.82) is 0 Å². The van der Waals surface area contributed by atoms with Crippen molar-refractivity contribution in [3.63, 3.8) is 0 Å². The van der Waals surface area contributed by atoms with Gasteiger partial charge in [0.25, 0.3) is 0 Å². The van der Waals surface area contributed by atoms with Gasteiger partial charge in [0.1, 0.15) is 5.82 Å². The monoisotopic (exact) mass is 313 g/mol. The number of nitrogens with one attached hydrogen (secondary N) is 2. The summed E-state index contributed by atoms with van der Waals surface area (Å²) in [5.41, 5.74) is 1.23. The molecule has 0 aliphatic carbocycles. The van der Waals surface area contributed by atoms with Gasteiger partial charge in [-0.1, -0.05) is 30.3 Å². The van der Waals surface area contributed by atoms with Crippen LogP contribution in [0.3, 0.4) is 0 Å². The van der Waals surface area contributed by atoms with Crippen LogP contribution < -0.4 is 10.6 Å². The molecule has 1 fully saturated rings. The molecule has 2 aromatic rings. The molecule has 3 rings (SSSR count). The Balaban J connectivity index is 1.45. The van der Waals surface area contributed by atoms with Crippen LogP contribution in [-0.4, -0.2) is 54.3 Å². The van der Waals surface area contributed by atoms with Crippen LogP contribution >= 0.6 is 0 Å². The smallest absolute Gasteiger partial charge is 0.224 e. The number of hydrogen-bond donors (Lipinski definition) is 2. The minimum absolute atomic E-state index is 0.663. The van der Waals surface area contributed by atoms with E-state index in [1.54, 1.807) is 6.20 Å². The third-order valence-electron chi connectivity index (χ3n) is 3.79. The fourth-order valence-electron chi connectivity index (χ4n) is 2.48. The zero-order valence-corrected chi connectivity index (χ0v) is 13.2. The first-order valence-corrected chi connectivity index (χ1v) is 8.05. The second-order valence-electron chi connectivity index (χ2n) is 5.49. The van der Waals surface area contributed by atoms with Gasteiger partial charge >= 0.3 is 0 Å². The number of hydrogen-bond acceptors (Lipinski definition) is 6. The Morgan fingerprint density at radius 1 is 1.04 bits per heavy atom. The quantitative estimate of drug-likeness (QED) is 0.813. The zero-order chi connectivity index (χ0) is 15.7. The molecule has 1 saturated heterocycles. The van der Waals surface area contributed by atoms with Crippen molar-refractivity contribution in [2.24, 2.45) is 0 Å². The van der Waals surface area contributed by atoms with Crippen LogP contribution in [0.1, 0.15) is 5.56 Å². The topological polar surface area (TPSA) is 62.3 Å². The Labute approximate surface area is 136 Å². The lowest BCUT2D eigenvalue weighted by Crippen LogP contribution is -2.39. The van der Waals surface area contributed by atoms with E-state index in [1.807, 2.05) is 24.3 Å². The van der Waals surface area contributed by atoms with Crippen LogP contribution in [0.4, 0.5) is 11.8 Å². The van der Waals surface area contributed by atoms with Crippen molar-refractivity contribution in [2.45, 2.75) is 6.54 Å². The highest BCUT2D eigenvalue weighted by molar-refractivity contribution is 5.40. The summed E-state index contributed by atoms with van der Waals surface area (Å²) in [7, 11) is 0. The number of rotatable bonds is 7. The number of anilines is 2. The van der Waals surface area contributed by atoms with Gasteiger partial charge in [-0.2, -0.15) is 4.98 Å². The molecule has 1 aromatic heterocycles. The summed E-state index contributed by atoms with van der Waals surface area (Å²) in [4.78, 5) is 11.1. The first-order valence-electron chi connectivity index (χ1n) is 8.05. The molecule has 0 atom stereocenters. The number of morpholine rings is 1. The molecule has 0 saturated carbocycles. The SMILES string of the molecule is c1ccc(CNc2ccnc(NCCN3CCOCC3)n2)cc1. The Morgan fingerprint density at radius 3 is 2.70 bits per heavy atom. The van der Waals surface area contributed by atoms with Crippen molar-refractivity contribution in [2.75, 3.05) is 50.0 Å². The Hall–Kier alpha value is -2.18. The first-order chi connectivity index (χ1) is 11.4. The molecule has 0 amide bonds. The van der Waals surface area contributed by atoms with E-state index in [1.165, 1.54) is 5.56 Å². The summed E-state index contributed by atoms with van der Waals surface area (Å²) < 4.78 is 5.35. The van der Waals surface area contributed by atoms with Gasteiger partial charge in [0.2, 0.25) is 5.95 Å². The van der Waals surface area contributed by atoms with Crippen molar-refractivity contribution in [3.8, 4) is 0 Å². The molecule has 1 aliphatic rings. The fraction of sp³-hybridized carbons (Fsp3) is 0.412. The van der Waals surface area contributed by atoms with E-state index in [4.69, 9.17) is 4.74 Å². The van der Waals surface area contributed by atoms with Gasteiger partial charge < -0.3 is 15.4 Å². The Morgan fingerprint density at radius 2 is 1.87 bits per heavy atom. The maximum Gasteiger partial charge on any atom is 0.224 e. The standard InChI is InChI=1S/C17H23N5O/c1-2-4-15(5-3-1)14-20-16-6-7-18-17(21-16)19-8-9-22-10-12-23-13-11-22/h1-7H,8-14H2,(H2,18,19,20,21). The molecule has 122 valence electrons. The van der Waals surface area contributed by atoms with Crippen molar-refractivity contribution in [3.05, 3.63) is 48.2 Å². The van der Waals surface area contributed by atoms with Gasteiger partial charge in [-0.3, -0.25) is 4.90 Å². The highest BCUT2D eigenvalue weighted by Crippen LogP contribution is 2.08. The summed E-state index contributed by atoms with van der Waals surface area (Å²) in [5.74, 6) is 1.49. The van der Waals surface area contributed by atoms with E-state index >= 15 is 0 Å². The molecular formula is C17H23N5O. The molecule has 6 heteroatoms. The summed E-state index contributed by atoms with van der Waals surface area (Å²) in [5, 5.41) is 6.61. The lowest BCUT2D eigenvalue weighted by Gasteiger charge is -2.26. The predicted molar refractivity (Wildman–Crippen MR) is 91.5 cm³/mol. The van der Waals surface area contributed by atoms with Crippen molar-refractivity contribution in [1.82, 2.24) is 14.9 Å². The molecule has 0 radical (unpaired) electrons. The van der Waals surface area contributed by atoms with E-state index in [0.717, 1.165) is 51.8 Å². The average Bonchev–Trinajstić information content (AvgIpc) is 2.62. The molecule has 6 nitrogen and oxygen atoms in total. The Kier molecular flexibility index (Phi) is 5.77. The second kappa shape index (κ2) is 8.45. The largest absolute Gasteiger partial charge is 0.379 e. The molecule has 1 aliphatic heterocycles. The molecule has 0 unspecified atom stereocenters. The van der Waals surface area contributed by atoms with E-state index in [9.17, 15) is 0 Å². The third-order valence-corrected chi connectivity index (χ3v) is 3.79. The van der Waals surface area contributed by atoms with Crippen LogP contribution in [0, 0.1) is 0 Å². The molecule has 23 heavy (non-hydrogen) atoms. The van der Waals surface area contributed by atoms with Gasteiger partial charge in [-0.15, -0.1) is 0 Å². The number of nitrogens with zero attached hydrogens (tertiary/aromatic N) is 3. The lowest BCUT2D eigenvalue weighted by molar-refractivity contribution is 0.0398. The van der Waals surface area contributed by atoms with E-state index in [0.29, 0.717) is 5.95 Å². The maximum absolute atomic E-state index is 5.35. The number of benzene rings is 1. The normalized spacial score (nSPS) is 15.3. The highest BCUT2D eigenvalue weighted by Gasteiger charge is 2.09. The molecular weight excluding hydrogens is 290 g/mol. The summed E-state index contributed by atoms with van der Waals surface area (Å²) in [6, 6.07) is 12.2. The van der Waals surface area contributed by atoms with Gasteiger partial charge in [-0.05, 0) is 11.6 Å². The fourth-order valence-corrected chi connectivity index (χ4v) is 2.48. The van der Waals surface area contributed by atoms with Gasteiger partial charge in [-0.25, -0.2) is 4.98 Å². The third kappa shape index (κ3) is 5.19. The van der Waals surface area contributed by atoms with E-state index in [-0.39, 0.29) is 0 Å². The number of aromatic nitrogens is 2. The van der Waals surface area contributed by atoms with Gasteiger partial charge in [0.15, 0.2) is 0 Å². The minimum atomic E-state index is 0.663. The Bertz CT molecular complexity index is 587. The van der Waals surface area contributed by atoms with Gasteiger partial charge in [0, 0.05) is 38.9 Å². The zero-order valence-electron chi connectivity index (χ0n) is 13.2. The van der Waals surface area contributed by atoms with Gasteiger partial charge in [0.05, 0.1) is 13.2 Å². The van der Waals surface area contributed by atoms with Crippen LogP contribution in [0.2, 0.25) is 0 Å². The molecule has 1 aromatic carbocycles. The van der Waals surface area contributed by atoms with E-state index < -0.39 is 0 Å². The number of ether oxygens (including phenoxy) is 1. The van der Waals surface area contributed by atoms with Crippen molar-refractivity contribution < 1.29 is 4.74 Å². The summed E-state index contributed by atoms with van der Waals surface area (Å²) in [6.07, 6.45) is 1.78. The van der Waals surface area contributed by atoms with Crippen molar-refractivity contribution >= 4 is 11.8 Å². The lowest BCUT2D eigenvalue weighted by atomic mass is 10.2. The maximum atomic E-state index is 5.35. The minimum Gasteiger partial charge on any atom is -0.379 e.